The highest BCUT2D eigenvalue weighted by molar-refractivity contribution is 6.15. The van der Waals surface area contributed by atoms with Crippen LogP contribution in [0.25, 0.3) is 0 Å². The number of aliphatic imine (C=N–C) groups is 1. The number of hydrogen-bond acceptors (Lipinski definition) is 3. The van der Waals surface area contributed by atoms with E-state index in [0.717, 1.165) is 12.1 Å². The molecule has 0 unspecified atom stereocenters. The summed E-state index contributed by atoms with van der Waals surface area (Å²) in [7, 11) is 0. The van der Waals surface area contributed by atoms with Crippen LogP contribution in [0.15, 0.2) is 29.3 Å². The van der Waals surface area contributed by atoms with Gasteiger partial charge in [0, 0.05) is 18.9 Å². The predicted octanol–water partition coefficient (Wildman–Crippen LogP) is 2.01. The number of halogens is 3. The van der Waals surface area contributed by atoms with Crippen molar-refractivity contribution in [1.29, 1.82) is 0 Å². The Balaban J connectivity index is 1.50. The van der Waals surface area contributed by atoms with Crippen molar-refractivity contribution in [1.82, 2.24) is 10.6 Å². The van der Waals surface area contributed by atoms with Crippen LogP contribution in [0.5, 0.6) is 0 Å². The maximum Gasteiger partial charge on any atom is 0.416 e. The van der Waals surface area contributed by atoms with Gasteiger partial charge in [-0.05, 0) is 30.9 Å². The highest BCUT2D eigenvalue weighted by Gasteiger charge is 2.44. The predicted molar refractivity (Wildman–Crippen MR) is 89.7 cm³/mol. The lowest BCUT2D eigenvalue weighted by atomic mass is 10.1. The molecule has 0 aromatic heterocycles. The van der Waals surface area contributed by atoms with Crippen molar-refractivity contribution in [3.63, 3.8) is 0 Å². The van der Waals surface area contributed by atoms with E-state index in [1.807, 2.05) is 0 Å². The van der Waals surface area contributed by atoms with Crippen LogP contribution >= 0.6 is 0 Å². The van der Waals surface area contributed by atoms with Crippen LogP contribution < -0.4 is 10.6 Å². The van der Waals surface area contributed by atoms with Crippen molar-refractivity contribution < 1.29 is 27.6 Å². The average Bonchev–Trinajstić information content (AvgIpc) is 3.40. The fourth-order valence-corrected chi connectivity index (χ4v) is 2.97. The molecule has 2 aliphatic rings. The van der Waals surface area contributed by atoms with Gasteiger partial charge in [-0.2, -0.15) is 18.2 Å². The van der Waals surface area contributed by atoms with Crippen molar-refractivity contribution in [2.24, 2.45) is 16.8 Å². The molecule has 0 saturated heterocycles. The molecule has 0 spiro atoms. The summed E-state index contributed by atoms with van der Waals surface area (Å²) in [6.07, 6.45) is -3.74. The summed E-state index contributed by atoms with van der Waals surface area (Å²) >= 11 is 0. The van der Waals surface area contributed by atoms with Crippen molar-refractivity contribution in [2.45, 2.75) is 31.9 Å². The minimum Gasteiger partial charge on any atom is -0.355 e. The third kappa shape index (κ3) is 4.35. The first-order valence-electron chi connectivity index (χ1n) is 8.54. The number of benzene rings is 1. The number of rotatable bonds is 5. The van der Waals surface area contributed by atoms with Crippen LogP contribution in [0.3, 0.4) is 0 Å². The number of nitrogens with zero attached hydrogens (tertiary/aromatic N) is 1. The molecule has 1 aliphatic carbocycles. The first-order chi connectivity index (χ1) is 12.7. The summed E-state index contributed by atoms with van der Waals surface area (Å²) in [6, 6.07) is 5.01. The first-order valence-corrected chi connectivity index (χ1v) is 8.54. The van der Waals surface area contributed by atoms with E-state index in [0.29, 0.717) is 12.0 Å². The largest absolute Gasteiger partial charge is 0.416 e. The summed E-state index contributed by atoms with van der Waals surface area (Å²) in [5, 5.41) is 5.18. The number of hydrogen-bond donors (Lipinski definition) is 2. The van der Waals surface area contributed by atoms with Gasteiger partial charge < -0.3 is 10.6 Å². The van der Waals surface area contributed by atoms with Crippen LogP contribution in [0.1, 0.15) is 36.8 Å². The summed E-state index contributed by atoms with van der Waals surface area (Å²) in [5.74, 6) is -2.44. The molecule has 144 valence electrons. The lowest BCUT2D eigenvalue weighted by Crippen LogP contribution is -2.44. The second-order valence-electron chi connectivity index (χ2n) is 6.72. The molecule has 1 aromatic carbocycles. The van der Waals surface area contributed by atoms with Crippen molar-refractivity contribution >= 4 is 23.6 Å². The lowest BCUT2D eigenvalue weighted by molar-refractivity contribution is -0.137. The molecule has 1 saturated carbocycles. The summed E-state index contributed by atoms with van der Waals surface area (Å²) in [6.45, 7) is 1.63. The van der Waals surface area contributed by atoms with Gasteiger partial charge in [-0.15, -0.1) is 0 Å². The van der Waals surface area contributed by atoms with Gasteiger partial charge >= 0.3 is 6.18 Å². The average molecular weight is 381 g/mol. The number of amidine groups is 1. The first kappa shape index (κ1) is 19.1. The zero-order valence-corrected chi connectivity index (χ0v) is 14.5. The monoisotopic (exact) mass is 381 g/mol. The van der Waals surface area contributed by atoms with E-state index in [4.69, 9.17) is 0 Å². The van der Waals surface area contributed by atoms with Gasteiger partial charge in [-0.1, -0.05) is 18.2 Å². The lowest BCUT2D eigenvalue weighted by Gasteiger charge is -2.17. The fourth-order valence-electron chi connectivity index (χ4n) is 2.97. The van der Waals surface area contributed by atoms with Gasteiger partial charge in [0.2, 0.25) is 11.8 Å². The third-order valence-electron chi connectivity index (χ3n) is 4.71. The SMILES string of the molecule is C[C@@H]1C(=O)N=C(CCNC(=O)[C@@H]2C[C@H]2c2cccc(C(F)(F)F)c2)NC1=O. The minimum atomic E-state index is -4.41. The molecule has 6 nitrogen and oxygen atoms in total. The van der Waals surface area contributed by atoms with Gasteiger partial charge in [0.1, 0.15) is 11.8 Å². The van der Waals surface area contributed by atoms with Gasteiger partial charge in [-0.3, -0.25) is 14.4 Å². The van der Waals surface area contributed by atoms with Gasteiger partial charge in [0.25, 0.3) is 5.91 Å². The summed E-state index contributed by atoms with van der Waals surface area (Å²) in [4.78, 5) is 39.0. The molecule has 3 atom stereocenters. The quantitative estimate of drug-likeness (QED) is 0.765. The molecule has 1 heterocycles. The van der Waals surface area contributed by atoms with Crippen LogP contribution in [0, 0.1) is 11.8 Å². The van der Waals surface area contributed by atoms with Crippen LogP contribution in [0.4, 0.5) is 13.2 Å². The molecule has 0 radical (unpaired) electrons. The Morgan fingerprint density at radius 3 is 2.74 bits per heavy atom. The maximum absolute atomic E-state index is 12.8. The molecule has 0 bridgehead atoms. The molecule has 9 heteroatoms. The number of carbonyl (C=O) groups excluding carboxylic acids is 3. The van der Waals surface area contributed by atoms with E-state index in [2.05, 4.69) is 15.6 Å². The molecule has 1 aliphatic heterocycles. The minimum absolute atomic E-state index is 0.172. The molecule has 3 rings (SSSR count). The van der Waals surface area contributed by atoms with Gasteiger partial charge in [-0.25, -0.2) is 0 Å². The molecular weight excluding hydrogens is 363 g/mol. The number of amides is 3. The van der Waals surface area contributed by atoms with Crippen LogP contribution in [0.2, 0.25) is 0 Å². The van der Waals surface area contributed by atoms with E-state index in [1.165, 1.54) is 13.0 Å². The molecule has 1 fully saturated rings. The Morgan fingerprint density at radius 1 is 1.33 bits per heavy atom. The Kier molecular flexibility index (Phi) is 5.03. The van der Waals surface area contributed by atoms with E-state index >= 15 is 0 Å². The van der Waals surface area contributed by atoms with Crippen molar-refractivity contribution in [3.05, 3.63) is 35.4 Å². The van der Waals surface area contributed by atoms with E-state index in [9.17, 15) is 27.6 Å². The third-order valence-corrected chi connectivity index (χ3v) is 4.71. The highest BCUT2D eigenvalue weighted by atomic mass is 19.4. The molecule has 1 aromatic rings. The van der Waals surface area contributed by atoms with Gasteiger partial charge in [0.05, 0.1) is 5.56 Å². The summed E-state index contributed by atoms with van der Waals surface area (Å²) < 4.78 is 38.4. The highest BCUT2D eigenvalue weighted by Crippen LogP contribution is 2.48. The summed E-state index contributed by atoms with van der Waals surface area (Å²) in [5.41, 5.74) is -0.232. The van der Waals surface area contributed by atoms with Crippen LogP contribution in [-0.2, 0) is 20.6 Å². The Bertz CT molecular complexity index is 820. The maximum atomic E-state index is 12.8. The standard InChI is InChI=1S/C18H18F3N3O3/c1-9-15(25)23-14(24-16(9)26)5-6-22-17(27)13-8-12(13)10-3-2-4-11(7-10)18(19,20)21/h2-4,7,9,12-13H,5-6,8H2,1H3,(H,22,27)(H,23,24,25,26)/t12-,13+/m0/s1. The Labute approximate surface area is 153 Å². The fraction of sp³-hybridized carbons (Fsp3) is 0.444. The number of carbonyl (C=O) groups is 3. The molecule has 3 amide bonds. The number of alkyl halides is 3. The number of nitrogens with one attached hydrogen (secondary N) is 2. The smallest absolute Gasteiger partial charge is 0.355 e. The normalized spacial score (nSPS) is 24.9. The zero-order valence-electron chi connectivity index (χ0n) is 14.5. The van der Waals surface area contributed by atoms with E-state index in [-0.39, 0.29) is 36.5 Å². The topological polar surface area (TPSA) is 87.6 Å². The van der Waals surface area contributed by atoms with Crippen molar-refractivity contribution in [2.75, 3.05) is 6.54 Å². The van der Waals surface area contributed by atoms with Crippen molar-refractivity contribution in [3.8, 4) is 0 Å². The second kappa shape index (κ2) is 7.13. The zero-order chi connectivity index (χ0) is 19.8. The van der Waals surface area contributed by atoms with E-state index < -0.39 is 29.5 Å². The van der Waals surface area contributed by atoms with E-state index in [1.54, 1.807) is 6.07 Å². The second-order valence-corrected chi connectivity index (χ2v) is 6.72. The van der Waals surface area contributed by atoms with Crippen LogP contribution in [-0.4, -0.2) is 30.1 Å². The van der Waals surface area contributed by atoms with Gasteiger partial charge in [0.15, 0.2) is 0 Å². The molecule has 2 N–H and O–H groups in total. The molecular formula is C18H18F3N3O3. The Morgan fingerprint density at radius 2 is 2.07 bits per heavy atom. The Hall–Kier alpha value is -2.71. The molecule has 27 heavy (non-hydrogen) atoms.